The zero-order valence-electron chi connectivity index (χ0n) is 14.9. The lowest BCUT2D eigenvalue weighted by Crippen LogP contribution is -2.41. The van der Waals surface area contributed by atoms with Gasteiger partial charge in [0.05, 0.1) is 19.0 Å². The molecule has 142 valence electrons. The first kappa shape index (κ1) is 20.5. The number of likely N-dealkylation sites (tertiary alicyclic amines) is 1. The zero-order chi connectivity index (χ0) is 16.8. The van der Waals surface area contributed by atoms with Crippen molar-refractivity contribution in [2.24, 2.45) is 16.8 Å². The van der Waals surface area contributed by atoms with Crippen molar-refractivity contribution in [2.45, 2.75) is 32.3 Å². The predicted octanol–water partition coefficient (Wildman–Crippen LogP) is 2.12. The van der Waals surface area contributed by atoms with Gasteiger partial charge in [0.2, 0.25) is 0 Å². The molecular weight excluding hydrogens is 433 g/mol. The van der Waals surface area contributed by atoms with Crippen molar-refractivity contribution in [1.29, 1.82) is 0 Å². The van der Waals surface area contributed by atoms with Crippen molar-refractivity contribution in [3.63, 3.8) is 0 Å². The van der Waals surface area contributed by atoms with Crippen molar-refractivity contribution in [1.82, 2.24) is 10.2 Å². The number of hydrogen-bond donors (Lipinski definition) is 2. The molecule has 6 nitrogen and oxygen atoms in total. The number of nitrogens with one attached hydrogen (secondary N) is 1. The lowest BCUT2D eigenvalue weighted by atomic mass is 10.0. The van der Waals surface area contributed by atoms with Gasteiger partial charge < -0.3 is 24.5 Å². The Kier molecular flexibility index (Phi) is 8.51. The fourth-order valence-electron chi connectivity index (χ4n) is 3.34. The quantitative estimate of drug-likeness (QED) is 0.385. The Morgan fingerprint density at radius 2 is 2.36 bits per heavy atom. The van der Waals surface area contributed by atoms with Crippen LogP contribution in [0.4, 0.5) is 0 Å². The predicted molar refractivity (Wildman–Crippen MR) is 108 cm³/mol. The Morgan fingerprint density at radius 1 is 1.48 bits per heavy atom. The van der Waals surface area contributed by atoms with Crippen LogP contribution in [0.15, 0.2) is 27.8 Å². The molecule has 2 N–H and O–H groups in total. The molecule has 3 heterocycles. The van der Waals surface area contributed by atoms with Crippen LogP contribution in [0.25, 0.3) is 0 Å². The SMILES string of the molecule is CC(O)C1CCN(C(=NCC2CCOC2)NCCc2ccco2)C1.I. The van der Waals surface area contributed by atoms with Crippen LogP contribution in [-0.4, -0.2) is 61.5 Å². The van der Waals surface area contributed by atoms with Gasteiger partial charge in [0, 0.05) is 51.0 Å². The van der Waals surface area contributed by atoms with Crippen LogP contribution in [0, 0.1) is 11.8 Å². The Morgan fingerprint density at radius 3 is 3.00 bits per heavy atom. The summed E-state index contributed by atoms with van der Waals surface area (Å²) >= 11 is 0. The molecule has 0 spiro atoms. The number of furan rings is 1. The van der Waals surface area contributed by atoms with Gasteiger partial charge in [-0.3, -0.25) is 4.99 Å². The normalized spacial score (nSPS) is 25.0. The van der Waals surface area contributed by atoms with Gasteiger partial charge in [-0.2, -0.15) is 0 Å². The highest BCUT2D eigenvalue weighted by Crippen LogP contribution is 2.20. The van der Waals surface area contributed by atoms with Gasteiger partial charge in [-0.15, -0.1) is 24.0 Å². The standard InChI is InChI=1S/C18H29N3O3.HI/c1-14(22)16-5-8-21(12-16)18(20-11-15-6-10-23-13-15)19-7-4-17-3-2-9-24-17;/h2-3,9,14-16,22H,4-8,10-13H2,1H3,(H,19,20);1H. The van der Waals surface area contributed by atoms with E-state index < -0.39 is 0 Å². The number of guanidine groups is 1. The van der Waals surface area contributed by atoms with Crippen molar-refractivity contribution in [3.05, 3.63) is 24.2 Å². The lowest BCUT2D eigenvalue weighted by Gasteiger charge is -2.23. The molecule has 0 aromatic carbocycles. The molecule has 0 saturated carbocycles. The molecule has 3 rings (SSSR count). The summed E-state index contributed by atoms with van der Waals surface area (Å²) in [7, 11) is 0. The van der Waals surface area contributed by atoms with Gasteiger partial charge in [-0.1, -0.05) is 0 Å². The third-order valence-electron chi connectivity index (χ3n) is 4.96. The number of rotatable bonds is 6. The smallest absolute Gasteiger partial charge is 0.193 e. The van der Waals surface area contributed by atoms with Crippen molar-refractivity contribution in [3.8, 4) is 0 Å². The van der Waals surface area contributed by atoms with Crippen LogP contribution in [0.2, 0.25) is 0 Å². The van der Waals surface area contributed by atoms with E-state index in [0.29, 0.717) is 11.8 Å². The van der Waals surface area contributed by atoms with E-state index in [9.17, 15) is 5.11 Å². The number of ether oxygens (including phenoxy) is 1. The Labute approximate surface area is 167 Å². The fraction of sp³-hybridized carbons (Fsp3) is 0.722. The highest BCUT2D eigenvalue weighted by molar-refractivity contribution is 14.0. The van der Waals surface area contributed by atoms with Crippen molar-refractivity contribution < 1.29 is 14.3 Å². The van der Waals surface area contributed by atoms with Crippen LogP contribution in [0.5, 0.6) is 0 Å². The second kappa shape index (κ2) is 10.4. The van der Waals surface area contributed by atoms with E-state index in [1.165, 1.54) is 0 Å². The molecule has 7 heteroatoms. The summed E-state index contributed by atoms with van der Waals surface area (Å²) in [6.45, 7) is 6.97. The number of aliphatic hydroxyl groups excluding tert-OH is 1. The summed E-state index contributed by atoms with van der Waals surface area (Å²) in [6.07, 6.45) is 4.40. The van der Waals surface area contributed by atoms with E-state index in [0.717, 1.165) is 70.4 Å². The van der Waals surface area contributed by atoms with Crippen LogP contribution in [-0.2, 0) is 11.2 Å². The zero-order valence-corrected chi connectivity index (χ0v) is 17.2. The summed E-state index contributed by atoms with van der Waals surface area (Å²) in [5.74, 6) is 2.80. The molecule has 2 saturated heterocycles. The van der Waals surface area contributed by atoms with Gasteiger partial charge in [0.25, 0.3) is 0 Å². The molecule has 1 aromatic heterocycles. The first-order chi connectivity index (χ1) is 11.7. The van der Waals surface area contributed by atoms with Crippen LogP contribution in [0.3, 0.4) is 0 Å². The van der Waals surface area contributed by atoms with E-state index in [4.69, 9.17) is 14.1 Å². The van der Waals surface area contributed by atoms with Gasteiger partial charge in [-0.25, -0.2) is 0 Å². The molecule has 0 amide bonds. The van der Waals surface area contributed by atoms with Crippen LogP contribution in [0.1, 0.15) is 25.5 Å². The second-order valence-electron chi connectivity index (χ2n) is 6.89. The maximum Gasteiger partial charge on any atom is 0.193 e. The van der Waals surface area contributed by atoms with Crippen molar-refractivity contribution >= 4 is 29.9 Å². The summed E-state index contributed by atoms with van der Waals surface area (Å²) in [5.41, 5.74) is 0. The third-order valence-corrected chi connectivity index (χ3v) is 4.96. The number of aliphatic hydroxyl groups is 1. The summed E-state index contributed by atoms with van der Waals surface area (Å²) < 4.78 is 10.8. The minimum atomic E-state index is -0.261. The van der Waals surface area contributed by atoms with E-state index in [1.54, 1.807) is 6.26 Å². The second-order valence-corrected chi connectivity index (χ2v) is 6.89. The number of halogens is 1. The molecule has 0 radical (unpaired) electrons. The first-order valence-corrected chi connectivity index (χ1v) is 9.04. The Bertz CT molecular complexity index is 516. The fourth-order valence-corrected chi connectivity index (χ4v) is 3.34. The van der Waals surface area contributed by atoms with Crippen molar-refractivity contribution in [2.75, 3.05) is 39.4 Å². The molecule has 0 aliphatic carbocycles. The Hall–Kier alpha value is -0.800. The molecule has 2 fully saturated rings. The number of aliphatic imine (C=N–C) groups is 1. The average molecular weight is 463 g/mol. The first-order valence-electron chi connectivity index (χ1n) is 9.04. The third kappa shape index (κ3) is 6.14. The average Bonchev–Trinajstić information content (AvgIpc) is 3.33. The highest BCUT2D eigenvalue weighted by Gasteiger charge is 2.28. The number of nitrogens with zero attached hydrogens (tertiary/aromatic N) is 2. The molecular formula is C18H30IN3O3. The molecule has 3 unspecified atom stereocenters. The summed E-state index contributed by atoms with van der Waals surface area (Å²) in [6, 6.07) is 3.91. The summed E-state index contributed by atoms with van der Waals surface area (Å²) in [5, 5.41) is 13.3. The molecule has 0 bridgehead atoms. The van der Waals surface area contributed by atoms with Crippen LogP contribution >= 0.6 is 24.0 Å². The topological polar surface area (TPSA) is 70.2 Å². The van der Waals surface area contributed by atoms with Gasteiger partial charge >= 0.3 is 0 Å². The number of hydrogen-bond acceptors (Lipinski definition) is 4. The van der Waals surface area contributed by atoms with E-state index in [2.05, 4.69) is 10.2 Å². The van der Waals surface area contributed by atoms with E-state index >= 15 is 0 Å². The molecule has 2 aliphatic rings. The minimum Gasteiger partial charge on any atom is -0.469 e. The molecule has 25 heavy (non-hydrogen) atoms. The largest absolute Gasteiger partial charge is 0.469 e. The molecule has 3 atom stereocenters. The summed E-state index contributed by atoms with van der Waals surface area (Å²) in [4.78, 5) is 7.11. The van der Waals surface area contributed by atoms with E-state index in [1.807, 2.05) is 19.1 Å². The minimum absolute atomic E-state index is 0. The highest BCUT2D eigenvalue weighted by atomic mass is 127. The van der Waals surface area contributed by atoms with E-state index in [-0.39, 0.29) is 30.1 Å². The molecule has 2 aliphatic heterocycles. The van der Waals surface area contributed by atoms with Crippen LogP contribution < -0.4 is 5.32 Å². The van der Waals surface area contributed by atoms with Gasteiger partial charge in [0.15, 0.2) is 5.96 Å². The van der Waals surface area contributed by atoms with Gasteiger partial charge in [0.1, 0.15) is 5.76 Å². The monoisotopic (exact) mass is 463 g/mol. The lowest BCUT2D eigenvalue weighted by molar-refractivity contribution is 0.132. The maximum absolute atomic E-state index is 9.84. The molecule has 1 aromatic rings. The Balaban J connectivity index is 0.00000225. The van der Waals surface area contributed by atoms with Gasteiger partial charge in [-0.05, 0) is 31.9 Å². The maximum atomic E-state index is 9.84.